The third-order valence-corrected chi connectivity index (χ3v) is 3.76. The summed E-state index contributed by atoms with van der Waals surface area (Å²) in [6.45, 7) is 0. The quantitative estimate of drug-likeness (QED) is 0.576. The van der Waals surface area contributed by atoms with E-state index in [2.05, 4.69) is 5.32 Å². The Kier molecular flexibility index (Phi) is 3.54. The second-order valence-electron chi connectivity index (χ2n) is 4.35. The Labute approximate surface area is 104 Å². The number of nitrogens with one attached hydrogen (secondary N) is 1. The van der Waals surface area contributed by atoms with E-state index in [4.69, 9.17) is 14.9 Å². The van der Waals surface area contributed by atoms with Crippen LogP contribution >= 0.6 is 7.60 Å². The highest BCUT2D eigenvalue weighted by Crippen LogP contribution is 2.33. The van der Waals surface area contributed by atoms with Crippen LogP contribution < -0.4 is 10.6 Å². The van der Waals surface area contributed by atoms with E-state index in [1.807, 2.05) is 0 Å². The molecule has 1 unspecified atom stereocenters. The van der Waals surface area contributed by atoms with Gasteiger partial charge in [-0.3, -0.25) is 14.7 Å². The molecule has 0 amide bonds. The molecular weight excluding hydrogens is 257 g/mol. The van der Waals surface area contributed by atoms with Gasteiger partial charge < -0.3 is 14.9 Å². The minimum absolute atomic E-state index is 0.109. The summed E-state index contributed by atoms with van der Waals surface area (Å²) in [6, 6.07) is 4.79. The topological polar surface area (TPSA) is 107 Å². The zero-order valence-electron chi connectivity index (χ0n) is 9.48. The van der Waals surface area contributed by atoms with Crippen LogP contribution in [0.2, 0.25) is 0 Å². The molecule has 4 N–H and O–H groups in total. The number of carbonyl (C=O) groups is 1. The molecule has 1 aromatic rings. The van der Waals surface area contributed by atoms with E-state index in [1.165, 1.54) is 24.3 Å². The molecule has 1 aliphatic rings. The first-order valence-electron chi connectivity index (χ1n) is 5.53. The Balaban J connectivity index is 2.20. The summed E-state index contributed by atoms with van der Waals surface area (Å²) < 4.78 is 11.0. The first-order valence-corrected chi connectivity index (χ1v) is 7.14. The molecule has 1 aliphatic carbocycles. The maximum atomic E-state index is 11.1. The molecule has 98 valence electrons. The van der Waals surface area contributed by atoms with Crippen molar-refractivity contribution in [3.63, 3.8) is 0 Å². The second-order valence-corrected chi connectivity index (χ2v) is 5.95. The predicted molar refractivity (Wildman–Crippen MR) is 64.7 cm³/mol. The predicted octanol–water partition coefficient (Wildman–Crippen LogP) is 0.367. The molecule has 0 heterocycles. The van der Waals surface area contributed by atoms with Crippen molar-refractivity contribution >= 4 is 18.9 Å². The fourth-order valence-electron chi connectivity index (χ4n) is 1.66. The molecule has 18 heavy (non-hydrogen) atoms. The van der Waals surface area contributed by atoms with Crippen molar-refractivity contribution < 1.29 is 24.3 Å². The van der Waals surface area contributed by atoms with Gasteiger partial charge in [0.15, 0.2) is 0 Å². The molecule has 0 saturated heterocycles. The molecule has 0 radical (unpaired) electrons. The van der Waals surface area contributed by atoms with Crippen LogP contribution in [0.1, 0.15) is 24.4 Å². The normalized spacial score (nSPS) is 17.4. The summed E-state index contributed by atoms with van der Waals surface area (Å²) in [5, 5.41) is 12.0. The molecule has 0 spiro atoms. The van der Waals surface area contributed by atoms with Gasteiger partial charge in [-0.25, -0.2) is 0 Å². The molecule has 1 aromatic carbocycles. The first-order chi connectivity index (χ1) is 8.38. The van der Waals surface area contributed by atoms with Crippen molar-refractivity contribution in [1.29, 1.82) is 0 Å². The van der Waals surface area contributed by atoms with Gasteiger partial charge in [0.1, 0.15) is 6.04 Å². The van der Waals surface area contributed by atoms with Crippen molar-refractivity contribution in [2.24, 2.45) is 0 Å². The van der Waals surface area contributed by atoms with Crippen molar-refractivity contribution in [1.82, 2.24) is 5.32 Å². The Morgan fingerprint density at radius 1 is 1.28 bits per heavy atom. The van der Waals surface area contributed by atoms with Crippen LogP contribution in [0.15, 0.2) is 24.3 Å². The fraction of sp³-hybridized carbons (Fsp3) is 0.364. The molecule has 1 fully saturated rings. The summed E-state index contributed by atoms with van der Waals surface area (Å²) in [6.07, 6.45) is 1.93. The van der Waals surface area contributed by atoms with E-state index in [9.17, 15) is 9.36 Å². The van der Waals surface area contributed by atoms with Gasteiger partial charge in [0.25, 0.3) is 0 Å². The Bertz CT molecular complexity index is 491. The number of benzene rings is 1. The van der Waals surface area contributed by atoms with E-state index >= 15 is 0 Å². The van der Waals surface area contributed by atoms with Gasteiger partial charge in [0.05, 0.1) is 5.30 Å². The van der Waals surface area contributed by atoms with E-state index in [0.717, 1.165) is 12.8 Å². The van der Waals surface area contributed by atoms with Crippen molar-refractivity contribution in [3.8, 4) is 0 Å². The zero-order valence-corrected chi connectivity index (χ0v) is 10.4. The van der Waals surface area contributed by atoms with Gasteiger partial charge in [-0.2, -0.15) is 0 Å². The summed E-state index contributed by atoms with van der Waals surface area (Å²) >= 11 is 0. The third kappa shape index (κ3) is 3.17. The van der Waals surface area contributed by atoms with E-state index < -0.39 is 19.6 Å². The number of aliphatic carboxylic acids is 1. The molecule has 0 aromatic heterocycles. The van der Waals surface area contributed by atoms with Gasteiger partial charge in [-0.1, -0.05) is 12.1 Å². The lowest BCUT2D eigenvalue weighted by Gasteiger charge is -2.15. The molecule has 6 nitrogen and oxygen atoms in total. The summed E-state index contributed by atoms with van der Waals surface area (Å²) in [7, 11) is -4.27. The van der Waals surface area contributed by atoms with Gasteiger partial charge >= 0.3 is 13.6 Å². The minimum Gasteiger partial charge on any atom is -0.480 e. The molecule has 0 aliphatic heterocycles. The van der Waals surface area contributed by atoms with Crippen LogP contribution in [0.25, 0.3) is 0 Å². The number of rotatable bonds is 5. The smallest absolute Gasteiger partial charge is 0.356 e. The molecule has 2 rings (SSSR count). The van der Waals surface area contributed by atoms with Crippen molar-refractivity contribution in [2.75, 3.05) is 0 Å². The van der Waals surface area contributed by atoms with E-state index in [-0.39, 0.29) is 11.3 Å². The highest BCUT2D eigenvalue weighted by Gasteiger charge is 2.29. The zero-order chi connectivity index (χ0) is 13.3. The lowest BCUT2D eigenvalue weighted by atomic mass is 10.1. The van der Waals surface area contributed by atoms with E-state index in [1.54, 1.807) is 0 Å². The highest BCUT2D eigenvalue weighted by atomic mass is 31.2. The van der Waals surface area contributed by atoms with Crippen LogP contribution in [-0.2, 0) is 9.36 Å². The summed E-state index contributed by atoms with van der Waals surface area (Å²) in [5.41, 5.74) is 0.492. The molecule has 0 bridgehead atoms. The lowest BCUT2D eigenvalue weighted by molar-refractivity contribution is -0.139. The van der Waals surface area contributed by atoms with Crippen molar-refractivity contribution in [3.05, 3.63) is 29.8 Å². The van der Waals surface area contributed by atoms with Gasteiger partial charge in [-0.15, -0.1) is 0 Å². The Morgan fingerprint density at radius 3 is 2.22 bits per heavy atom. The largest absolute Gasteiger partial charge is 0.480 e. The van der Waals surface area contributed by atoms with Crippen molar-refractivity contribution in [2.45, 2.75) is 24.9 Å². The van der Waals surface area contributed by atoms with Crippen LogP contribution in [-0.4, -0.2) is 26.9 Å². The van der Waals surface area contributed by atoms with Crippen LogP contribution in [0.5, 0.6) is 0 Å². The molecule has 1 saturated carbocycles. The number of carboxylic acid groups (broad SMARTS) is 1. The average Bonchev–Trinajstić information content (AvgIpc) is 3.08. The number of hydrogen-bond acceptors (Lipinski definition) is 3. The summed E-state index contributed by atoms with van der Waals surface area (Å²) in [4.78, 5) is 29.1. The molecule has 1 atom stereocenters. The average molecular weight is 271 g/mol. The van der Waals surface area contributed by atoms with Gasteiger partial charge in [-0.05, 0) is 30.5 Å². The second kappa shape index (κ2) is 4.82. The standard InChI is InChI=1S/C11H14NO5P/c13-11(14)10(12-8-3-4-8)7-1-5-9(6-2-7)18(15,16)17/h1-2,5-6,8,10,12H,3-4H2,(H,13,14)(H2,15,16,17). The Morgan fingerprint density at radius 2 is 1.83 bits per heavy atom. The lowest BCUT2D eigenvalue weighted by Crippen LogP contribution is -2.30. The maximum absolute atomic E-state index is 11.1. The fourth-order valence-corrected chi connectivity index (χ4v) is 2.19. The third-order valence-electron chi connectivity index (χ3n) is 2.79. The van der Waals surface area contributed by atoms with Gasteiger partial charge in [0, 0.05) is 6.04 Å². The van der Waals surface area contributed by atoms with E-state index in [0.29, 0.717) is 5.56 Å². The molecular formula is C11H14NO5P. The number of hydrogen-bond donors (Lipinski definition) is 4. The van der Waals surface area contributed by atoms with Gasteiger partial charge in [0.2, 0.25) is 0 Å². The highest BCUT2D eigenvalue weighted by molar-refractivity contribution is 7.60. The Hall–Kier alpha value is -1.20. The maximum Gasteiger partial charge on any atom is 0.356 e. The van der Waals surface area contributed by atoms with Crippen LogP contribution in [0.4, 0.5) is 0 Å². The summed E-state index contributed by atoms with van der Waals surface area (Å²) in [5.74, 6) is -0.995. The molecule has 7 heteroatoms. The van der Waals surface area contributed by atoms with Crippen LogP contribution in [0, 0.1) is 0 Å². The SMILES string of the molecule is O=C(O)C(NC1CC1)c1ccc(P(=O)(O)O)cc1. The minimum atomic E-state index is -4.27. The first kappa shape index (κ1) is 13.2. The number of carboxylic acids is 1. The van der Waals surface area contributed by atoms with Crippen LogP contribution in [0.3, 0.4) is 0 Å². The monoisotopic (exact) mass is 271 g/mol.